The molecule has 0 bridgehead atoms. The van der Waals surface area contributed by atoms with E-state index in [2.05, 4.69) is 67.8 Å². The van der Waals surface area contributed by atoms with Crippen molar-refractivity contribution >= 4 is 123 Å². The SMILES string of the molecule is O=S(=O)([O-])c1c(I)c(I)c(I)c(I)c1I. The number of rotatable bonds is 1. The third-order valence-electron chi connectivity index (χ3n) is 1.42. The Kier molecular flexibility index (Phi) is 6.15. The van der Waals surface area contributed by atoms with E-state index in [-0.39, 0.29) is 4.90 Å². The minimum absolute atomic E-state index is 0.0992. The first-order valence-corrected chi connectivity index (χ1v) is 9.95. The zero-order valence-corrected chi connectivity index (χ0v) is 18.1. The number of benzene rings is 1. The molecular formula is C6I5O3S-. The van der Waals surface area contributed by atoms with Gasteiger partial charge in [-0.25, -0.2) is 8.42 Å². The topological polar surface area (TPSA) is 57.2 Å². The van der Waals surface area contributed by atoms with Gasteiger partial charge in [-0.15, -0.1) is 0 Å². The highest BCUT2D eigenvalue weighted by atomic mass is 127. The molecule has 0 unspecified atom stereocenters. The molecule has 9 heteroatoms. The summed E-state index contributed by atoms with van der Waals surface area (Å²) in [7, 11) is -4.40. The fourth-order valence-corrected chi connectivity index (χ4v) is 8.19. The summed E-state index contributed by atoms with van der Waals surface area (Å²) in [4.78, 5) is -0.0992. The van der Waals surface area contributed by atoms with Gasteiger partial charge in [-0.2, -0.15) is 0 Å². The van der Waals surface area contributed by atoms with Gasteiger partial charge in [0.25, 0.3) is 0 Å². The summed E-state index contributed by atoms with van der Waals surface area (Å²) < 4.78 is 37.0. The summed E-state index contributed by atoms with van der Waals surface area (Å²) in [5.74, 6) is 0. The molecule has 0 aliphatic carbocycles. The van der Waals surface area contributed by atoms with Crippen molar-refractivity contribution in [3.63, 3.8) is 0 Å². The van der Waals surface area contributed by atoms with E-state index >= 15 is 0 Å². The fraction of sp³-hybridized carbons (Fsp3) is 0. The minimum atomic E-state index is -4.40. The van der Waals surface area contributed by atoms with Crippen molar-refractivity contribution in [3.05, 3.63) is 17.9 Å². The van der Waals surface area contributed by atoms with Crippen molar-refractivity contribution in [1.82, 2.24) is 0 Å². The molecule has 3 nitrogen and oxygen atoms in total. The van der Waals surface area contributed by atoms with E-state index in [1.54, 1.807) is 0 Å². The first-order valence-electron chi connectivity index (χ1n) is 3.15. The maximum atomic E-state index is 11.1. The number of halogens is 5. The molecule has 0 fully saturated rings. The lowest BCUT2D eigenvalue weighted by Gasteiger charge is -2.16. The molecule has 1 aromatic rings. The Bertz CT molecular complexity index is 495. The van der Waals surface area contributed by atoms with E-state index < -0.39 is 10.1 Å². The van der Waals surface area contributed by atoms with Crippen LogP contribution in [0.3, 0.4) is 0 Å². The highest BCUT2D eigenvalue weighted by Gasteiger charge is 2.21. The molecule has 0 aromatic heterocycles. The zero-order valence-electron chi connectivity index (χ0n) is 6.52. The van der Waals surface area contributed by atoms with Gasteiger partial charge in [0, 0.05) is 17.9 Å². The van der Waals surface area contributed by atoms with Crippen LogP contribution in [0.4, 0.5) is 0 Å². The van der Waals surface area contributed by atoms with Crippen LogP contribution in [-0.4, -0.2) is 13.0 Å². The van der Waals surface area contributed by atoms with Crippen molar-refractivity contribution in [3.8, 4) is 0 Å². The van der Waals surface area contributed by atoms with E-state index in [1.807, 2.05) is 45.2 Å². The van der Waals surface area contributed by atoms with Gasteiger partial charge in [-0.1, -0.05) is 0 Å². The van der Waals surface area contributed by atoms with Crippen LogP contribution in [0.1, 0.15) is 0 Å². The van der Waals surface area contributed by atoms with Crippen molar-refractivity contribution in [2.45, 2.75) is 4.90 Å². The maximum absolute atomic E-state index is 11.1. The largest absolute Gasteiger partial charge is 0.744 e. The summed E-state index contributed by atoms with van der Waals surface area (Å²) in [6, 6.07) is 0. The summed E-state index contributed by atoms with van der Waals surface area (Å²) in [5, 5.41) is 0. The summed E-state index contributed by atoms with van der Waals surface area (Å²) in [6.07, 6.45) is 0. The van der Waals surface area contributed by atoms with Gasteiger partial charge in [0.15, 0.2) is 0 Å². The van der Waals surface area contributed by atoms with E-state index in [4.69, 9.17) is 0 Å². The molecule has 0 amide bonds. The van der Waals surface area contributed by atoms with Crippen LogP contribution in [-0.2, 0) is 10.1 Å². The average molecular weight is 787 g/mol. The second-order valence-electron chi connectivity index (χ2n) is 2.35. The predicted octanol–water partition coefficient (Wildman–Crippen LogP) is 3.61. The lowest BCUT2D eigenvalue weighted by atomic mass is 10.4. The molecule has 0 radical (unpaired) electrons. The molecule has 0 atom stereocenters. The van der Waals surface area contributed by atoms with Gasteiger partial charge >= 0.3 is 0 Å². The molecule has 0 spiro atoms. The Labute approximate surface area is 155 Å². The third kappa shape index (κ3) is 3.41. The highest BCUT2D eigenvalue weighted by Crippen LogP contribution is 2.35. The van der Waals surface area contributed by atoms with E-state index in [9.17, 15) is 13.0 Å². The zero-order chi connectivity index (χ0) is 12.0. The van der Waals surface area contributed by atoms with Crippen LogP contribution in [0, 0.1) is 17.9 Å². The molecular weight excluding hydrogens is 787 g/mol. The standard InChI is InChI=1S/C6HI5O3S/c7-1-2(8)4(10)6(15(12,13)14)5(11)3(1)9/h(H,12,13,14)/p-1. The molecule has 0 saturated carbocycles. The first kappa shape index (κ1) is 15.8. The Morgan fingerprint density at radius 1 is 0.733 bits per heavy atom. The Morgan fingerprint density at radius 2 is 1.00 bits per heavy atom. The smallest absolute Gasteiger partial charge is 0.126 e. The lowest BCUT2D eigenvalue weighted by molar-refractivity contribution is 0.461. The number of hydrogen-bond acceptors (Lipinski definition) is 3. The average Bonchev–Trinajstić information content (AvgIpc) is 2.09. The first-order chi connectivity index (χ1) is 6.68. The molecule has 0 aliphatic rings. The molecule has 84 valence electrons. The van der Waals surface area contributed by atoms with Crippen molar-refractivity contribution in [1.29, 1.82) is 0 Å². The van der Waals surface area contributed by atoms with Crippen LogP contribution in [0.25, 0.3) is 0 Å². The van der Waals surface area contributed by atoms with Crippen molar-refractivity contribution < 1.29 is 13.0 Å². The summed E-state index contributed by atoms with van der Waals surface area (Å²) in [6.45, 7) is 0. The van der Waals surface area contributed by atoms with Crippen LogP contribution in [0.15, 0.2) is 4.90 Å². The minimum Gasteiger partial charge on any atom is -0.744 e. The molecule has 1 aromatic carbocycles. The summed E-state index contributed by atoms with van der Waals surface area (Å²) in [5.41, 5.74) is 0. The van der Waals surface area contributed by atoms with Gasteiger partial charge in [-0.05, 0) is 113 Å². The Balaban J connectivity index is 3.84. The van der Waals surface area contributed by atoms with Crippen LogP contribution in [0.5, 0.6) is 0 Å². The van der Waals surface area contributed by atoms with Gasteiger partial charge in [0.2, 0.25) is 0 Å². The van der Waals surface area contributed by atoms with E-state index in [0.29, 0.717) is 7.14 Å². The monoisotopic (exact) mass is 786 g/mol. The summed E-state index contributed by atoms with van der Waals surface area (Å²) >= 11 is 10.0. The Morgan fingerprint density at radius 3 is 1.27 bits per heavy atom. The van der Waals surface area contributed by atoms with Gasteiger partial charge in [0.1, 0.15) is 10.1 Å². The normalized spacial score (nSPS) is 11.9. The van der Waals surface area contributed by atoms with Gasteiger partial charge < -0.3 is 4.55 Å². The van der Waals surface area contributed by atoms with Gasteiger partial charge in [-0.3, -0.25) is 0 Å². The van der Waals surface area contributed by atoms with E-state index in [1.165, 1.54) is 0 Å². The number of hydrogen-bond donors (Lipinski definition) is 0. The second-order valence-corrected chi connectivity index (χ2v) is 9.06. The predicted molar refractivity (Wildman–Crippen MR) is 98.0 cm³/mol. The van der Waals surface area contributed by atoms with Crippen LogP contribution in [0.2, 0.25) is 0 Å². The maximum Gasteiger partial charge on any atom is 0.126 e. The quantitative estimate of drug-likeness (QED) is 0.190. The third-order valence-corrected chi connectivity index (χ3v) is 12.6. The lowest BCUT2D eigenvalue weighted by Crippen LogP contribution is -2.09. The van der Waals surface area contributed by atoms with Crippen molar-refractivity contribution in [2.24, 2.45) is 0 Å². The fourth-order valence-electron chi connectivity index (χ4n) is 0.804. The molecule has 0 N–H and O–H groups in total. The van der Waals surface area contributed by atoms with Crippen molar-refractivity contribution in [2.75, 3.05) is 0 Å². The molecule has 0 heterocycles. The van der Waals surface area contributed by atoms with Gasteiger partial charge in [0.05, 0.1) is 4.90 Å². The van der Waals surface area contributed by atoms with E-state index in [0.717, 1.165) is 10.7 Å². The molecule has 0 aliphatic heterocycles. The molecule has 1 rings (SSSR count). The van der Waals surface area contributed by atoms with Crippen LogP contribution < -0.4 is 0 Å². The second kappa shape index (κ2) is 5.83. The van der Waals surface area contributed by atoms with Crippen LogP contribution >= 0.6 is 113 Å². The molecule has 15 heavy (non-hydrogen) atoms. The molecule has 0 saturated heterocycles. The Hall–Kier alpha value is 2.78. The highest BCUT2D eigenvalue weighted by molar-refractivity contribution is 14.1.